The minimum absolute atomic E-state index is 0.291. The molecule has 9 heavy (non-hydrogen) atoms. The fourth-order valence-corrected chi connectivity index (χ4v) is 1.10. The Labute approximate surface area is 55.2 Å². The van der Waals surface area contributed by atoms with E-state index in [0.717, 1.165) is 26.1 Å². The lowest BCUT2D eigenvalue weighted by Crippen LogP contribution is -2.21. The average molecular weight is 128 g/mol. The molecule has 0 aromatic carbocycles. The van der Waals surface area contributed by atoms with Gasteiger partial charge >= 0.3 is 0 Å². The Kier molecular flexibility index (Phi) is 2.22. The van der Waals surface area contributed by atoms with Crippen LogP contribution in [0.4, 0.5) is 0 Å². The summed E-state index contributed by atoms with van der Waals surface area (Å²) in [7, 11) is 0. The lowest BCUT2D eigenvalue weighted by Gasteiger charge is -2.18. The van der Waals surface area contributed by atoms with Crippen molar-refractivity contribution >= 4 is 5.78 Å². The number of rotatable bonds is 1. The summed E-state index contributed by atoms with van der Waals surface area (Å²) < 4.78 is 5.10. The molecule has 0 N–H and O–H groups in total. The van der Waals surface area contributed by atoms with E-state index in [1.165, 1.54) is 0 Å². The first-order valence-corrected chi connectivity index (χ1v) is 3.39. The van der Waals surface area contributed by atoms with E-state index in [-0.39, 0.29) is 0 Å². The molecule has 0 aromatic rings. The molecular formula is C7H12O2. The maximum absolute atomic E-state index is 10.7. The van der Waals surface area contributed by atoms with Crippen LogP contribution in [-0.4, -0.2) is 19.0 Å². The van der Waals surface area contributed by atoms with Gasteiger partial charge in [-0.3, -0.25) is 4.79 Å². The van der Waals surface area contributed by atoms with Crippen LogP contribution in [0.1, 0.15) is 19.8 Å². The fraction of sp³-hybridized carbons (Fsp3) is 0.857. The molecule has 1 aliphatic heterocycles. The summed E-state index contributed by atoms with van der Waals surface area (Å²) >= 11 is 0. The van der Waals surface area contributed by atoms with Crippen LogP contribution in [0.15, 0.2) is 0 Å². The van der Waals surface area contributed by atoms with Crippen LogP contribution < -0.4 is 0 Å². The molecule has 2 heteroatoms. The highest BCUT2D eigenvalue weighted by Crippen LogP contribution is 2.14. The topological polar surface area (TPSA) is 26.3 Å². The van der Waals surface area contributed by atoms with Gasteiger partial charge in [0.05, 0.1) is 0 Å². The number of Topliss-reactive ketones (excluding diaryl/α,β-unsaturated/α-hetero) is 1. The first kappa shape index (κ1) is 6.75. The SMILES string of the molecule is CC(=O)C1CCOCC1. The first-order valence-electron chi connectivity index (χ1n) is 3.39. The van der Waals surface area contributed by atoms with Crippen molar-refractivity contribution in [1.29, 1.82) is 0 Å². The molecular weight excluding hydrogens is 116 g/mol. The summed E-state index contributed by atoms with van der Waals surface area (Å²) in [5.74, 6) is 0.608. The fourth-order valence-electron chi connectivity index (χ4n) is 1.10. The van der Waals surface area contributed by atoms with Gasteiger partial charge in [0.2, 0.25) is 0 Å². The van der Waals surface area contributed by atoms with Gasteiger partial charge in [-0.15, -0.1) is 0 Å². The van der Waals surface area contributed by atoms with Crippen molar-refractivity contribution in [3.05, 3.63) is 0 Å². The van der Waals surface area contributed by atoms with E-state index in [1.54, 1.807) is 6.92 Å². The molecule has 0 aromatic heterocycles. The van der Waals surface area contributed by atoms with Crippen LogP contribution >= 0.6 is 0 Å². The molecule has 0 unspecified atom stereocenters. The van der Waals surface area contributed by atoms with E-state index in [1.807, 2.05) is 0 Å². The van der Waals surface area contributed by atoms with Crippen LogP contribution in [-0.2, 0) is 9.53 Å². The summed E-state index contributed by atoms with van der Waals surface area (Å²) in [6.45, 7) is 3.20. The smallest absolute Gasteiger partial charge is 0.133 e. The average Bonchev–Trinajstić information content (AvgIpc) is 1.90. The standard InChI is InChI=1S/C7H12O2/c1-6(8)7-2-4-9-5-3-7/h7H,2-5H2,1H3. The number of carbonyl (C=O) groups excluding carboxylic acids is 1. The second-order valence-electron chi connectivity index (χ2n) is 2.50. The van der Waals surface area contributed by atoms with E-state index in [4.69, 9.17) is 4.74 Å². The summed E-state index contributed by atoms with van der Waals surface area (Å²) in [4.78, 5) is 10.7. The molecule has 0 amide bonds. The van der Waals surface area contributed by atoms with Crippen molar-refractivity contribution in [2.24, 2.45) is 5.92 Å². The lowest BCUT2D eigenvalue weighted by molar-refractivity contribution is -0.123. The van der Waals surface area contributed by atoms with Crippen molar-refractivity contribution in [1.82, 2.24) is 0 Å². The molecule has 1 saturated heterocycles. The molecule has 1 aliphatic rings. The van der Waals surface area contributed by atoms with E-state index in [9.17, 15) is 4.79 Å². The molecule has 52 valence electrons. The monoisotopic (exact) mass is 128 g/mol. The summed E-state index contributed by atoms with van der Waals surface area (Å²) in [5, 5.41) is 0. The molecule has 0 atom stereocenters. The zero-order valence-electron chi connectivity index (χ0n) is 5.72. The van der Waals surface area contributed by atoms with E-state index in [0.29, 0.717) is 11.7 Å². The Hall–Kier alpha value is -0.370. The predicted octanol–water partition coefficient (Wildman–Crippen LogP) is 1.00. The van der Waals surface area contributed by atoms with Gasteiger partial charge in [0, 0.05) is 19.1 Å². The number of carbonyl (C=O) groups is 1. The second-order valence-corrected chi connectivity index (χ2v) is 2.50. The zero-order valence-corrected chi connectivity index (χ0v) is 5.72. The molecule has 2 nitrogen and oxygen atoms in total. The Morgan fingerprint density at radius 2 is 2.00 bits per heavy atom. The molecule has 1 rings (SSSR count). The third-order valence-electron chi connectivity index (χ3n) is 1.80. The predicted molar refractivity (Wildman–Crippen MR) is 34.2 cm³/mol. The highest BCUT2D eigenvalue weighted by Gasteiger charge is 2.16. The van der Waals surface area contributed by atoms with Gasteiger partial charge in [0.25, 0.3) is 0 Å². The first-order chi connectivity index (χ1) is 4.30. The number of ether oxygens (including phenoxy) is 1. The van der Waals surface area contributed by atoms with Crippen molar-refractivity contribution in [2.75, 3.05) is 13.2 Å². The molecule has 0 spiro atoms. The Morgan fingerprint density at radius 3 is 2.33 bits per heavy atom. The van der Waals surface area contributed by atoms with Gasteiger partial charge < -0.3 is 4.74 Å². The van der Waals surface area contributed by atoms with E-state index in [2.05, 4.69) is 0 Å². The maximum atomic E-state index is 10.7. The molecule has 0 aliphatic carbocycles. The van der Waals surface area contributed by atoms with Crippen LogP contribution in [0, 0.1) is 5.92 Å². The maximum Gasteiger partial charge on any atom is 0.133 e. The number of ketones is 1. The number of hydrogen-bond donors (Lipinski definition) is 0. The highest BCUT2D eigenvalue weighted by molar-refractivity contribution is 5.78. The van der Waals surface area contributed by atoms with Crippen LogP contribution in [0.3, 0.4) is 0 Å². The largest absolute Gasteiger partial charge is 0.381 e. The molecule has 1 heterocycles. The lowest BCUT2D eigenvalue weighted by atomic mass is 9.97. The minimum atomic E-state index is 0.291. The summed E-state index contributed by atoms with van der Waals surface area (Å²) in [6, 6.07) is 0. The summed E-state index contributed by atoms with van der Waals surface area (Å²) in [5.41, 5.74) is 0. The molecule has 0 radical (unpaired) electrons. The highest BCUT2D eigenvalue weighted by atomic mass is 16.5. The quantitative estimate of drug-likeness (QED) is 0.526. The van der Waals surface area contributed by atoms with Gasteiger partial charge in [0.1, 0.15) is 5.78 Å². The van der Waals surface area contributed by atoms with Crippen LogP contribution in [0.2, 0.25) is 0 Å². The zero-order chi connectivity index (χ0) is 6.69. The van der Waals surface area contributed by atoms with Crippen molar-refractivity contribution in [3.8, 4) is 0 Å². The second kappa shape index (κ2) is 2.97. The van der Waals surface area contributed by atoms with Gasteiger partial charge in [-0.05, 0) is 19.8 Å². The molecule has 0 saturated carbocycles. The van der Waals surface area contributed by atoms with Gasteiger partial charge in [-0.2, -0.15) is 0 Å². The Morgan fingerprint density at radius 1 is 1.44 bits per heavy atom. The van der Waals surface area contributed by atoms with Gasteiger partial charge in [-0.1, -0.05) is 0 Å². The van der Waals surface area contributed by atoms with Crippen LogP contribution in [0.25, 0.3) is 0 Å². The van der Waals surface area contributed by atoms with Crippen LogP contribution in [0.5, 0.6) is 0 Å². The third-order valence-corrected chi connectivity index (χ3v) is 1.80. The third kappa shape index (κ3) is 1.79. The van der Waals surface area contributed by atoms with Crippen molar-refractivity contribution in [3.63, 3.8) is 0 Å². The van der Waals surface area contributed by atoms with Gasteiger partial charge in [-0.25, -0.2) is 0 Å². The normalized spacial score (nSPS) is 21.9. The minimum Gasteiger partial charge on any atom is -0.381 e. The molecule has 0 bridgehead atoms. The summed E-state index contributed by atoms with van der Waals surface area (Å²) in [6.07, 6.45) is 1.85. The van der Waals surface area contributed by atoms with Crippen molar-refractivity contribution < 1.29 is 9.53 Å². The Bertz CT molecular complexity index is 103. The number of hydrogen-bond acceptors (Lipinski definition) is 2. The molecule has 1 fully saturated rings. The van der Waals surface area contributed by atoms with Gasteiger partial charge in [0.15, 0.2) is 0 Å². The van der Waals surface area contributed by atoms with E-state index < -0.39 is 0 Å². The van der Waals surface area contributed by atoms with Crippen molar-refractivity contribution in [2.45, 2.75) is 19.8 Å². The van der Waals surface area contributed by atoms with E-state index >= 15 is 0 Å². The Balaban J connectivity index is 2.31.